The number of thioether (sulfide) groups is 1. The lowest BCUT2D eigenvalue weighted by molar-refractivity contribution is -0.318. The Labute approximate surface area is 162 Å². The molecule has 6 atom stereocenters. The van der Waals surface area contributed by atoms with Crippen LogP contribution in [0.5, 0.6) is 5.75 Å². The third-order valence-corrected chi connectivity index (χ3v) is 5.88. The maximum atomic E-state index is 10.6. The van der Waals surface area contributed by atoms with Crippen molar-refractivity contribution in [2.45, 2.75) is 41.0 Å². The second kappa shape index (κ2) is 8.18. The van der Waals surface area contributed by atoms with Crippen LogP contribution in [0, 0.1) is 0 Å². The minimum absolute atomic E-state index is 0.275. The number of ether oxygens (including phenoxy) is 4. The summed E-state index contributed by atoms with van der Waals surface area (Å²) >= 11 is 1.38. The van der Waals surface area contributed by atoms with Gasteiger partial charge in [0.2, 0.25) is 0 Å². The van der Waals surface area contributed by atoms with Gasteiger partial charge in [0.1, 0.15) is 35.6 Å². The fourth-order valence-corrected chi connectivity index (χ4v) is 4.32. The number of hydrogen-bond acceptors (Lipinski definition) is 7. The van der Waals surface area contributed by atoms with Crippen LogP contribution in [0.2, 0.25) is 0 Å². The summed E-state index contributed by atoms with van der Waals surface area (Å²) in [6.07, 6.45) is -3.85. The molecule has 2 aliphatic rings. The Hall–Kier alpha value is -1.61. The van der Waals surface area contributed by atoms with Gasteiger partial charge in [-0.05, 0) is 24.3 Å². The molecule has 0 aromatic heterocycles. The fourth-order valence-electron chi connectivity index (χ4n) is 3.24. The van der Waals surface area contributed by atoms with E-state index in [-0.39, 0.29) is 6.61 Å². The first kappa shape index (κ1) is 18.7. The molecule has 2 N–H and O–H groups in total. The van der Waals surface area contributed by atoms with Gasteiger partial charge in [-0.1, -0.05) is 42.1 Å². The molecule has 0 amide bonds. The molecule has 2 aliphatic heterocycles. The molecule has 0 radical (unpaired) electrons. The summed E-state index contributed by atoms with van der Waals surface area (Å²) in [6.45, 7) is 0.275. The molecule has 2 saturated heterocycles. The van der Waals surface area contributed by atoms with E-state index in [4.69, 9.17) is 18.9 Å². The van der Waals surface area contributed by atoms with Crippen LogP contribution in [0.3, 0.4) is 0 Å². The minimum Gasteiger partial charge on any atom is -0.497 e. The Kier molecular flexibility index (Phi) is 5.68. The summed E-state index contributed by atoms with van der Waals surface area (Å²) in [7, 11) is 1.61. The van der Waals surface area contributed by atoms with E-state index in [9.17, 15) is 10.2 Å². The maximum Gasteiger partial charge on any atom is 0.184 e. The molecule has 2 fully saturated rings. The highest BCUT2D eigenvalue weighted by molar-refractivity contribution is 7.99. The molecule has 2 heterocycles. The zero-order valence-electron chi connectivity index (χ0n) is 14.8. The highest BCUT2D eigenvalue weighted by Gasteiger charge is 2.49. The van der Waals surface area contributed by atoms with Gasteiger partial charge in [-0.2, -0.15) is 0 Å². The molecular weight excluding hydrogens is 368 g/mol. The number of hydrogen-bond donors (Lipinski definition) is 2. The molecule has 27 heavy (non-hydrogen) atoms. The molecule has 0 bridgehead atoms. The lowest BCUT2D eigenvalue weighted by Crippen LogP contribution is -2.60. The van der Waals surface area contributed by atoms with Crippen molar-refractivity contribution in [3.05, 3.63) is 60.2 Å². The van der Waals surface area contributed by atoms with Crippen LogP contribution in [-0.4, -0.2) is 53.8 Å². The highest BCUT2D eigenvalue weighted by Crippen LogP contribution is 2.38. The van der Waals surface area contributed by atoms with E-state index >= 15 is 0 Å². The van der Waals surface area contributed by atoms with Crippen molar-refractivity contribution in [3.63, 3.8) is 0 Å². The molecule has 7 heteroatoms. The Balaban J connectivity index is 1.44. The molecule has 2 aromatic carbocycles. The molecule has 2 aromatic rings. The van der Waals surface area contributed by atoms with Gasteiger partial charge in [-0.25, -0.2) is 0 Å². The molecule has 0 spiro atoms. The van der Waals surface area contributed by atoms with Gasteiger partial charge in [-0.3, -0.25) is 0 Å². The van der Waals surface area contributed by atoms with E-state index in [2.05, 4.69) is 0 Å². The van der Waals surface area contributed by atoms with Crippen LogP contribution in [-0.2, 0) is 14.2 Å². The Morgan fingerprint density at radius 1 is 0.963 bits per heavy atom. The molecule has 144 valence electrons. The second-order valence-corrected chi connectivity index (χ2v) is 7.67. The molecular formula is C20H22O6S. The Bertz CT molecular complexity index is 738. The predicted octanol–water partition coefficient (Wildman–Crippen LogP) is 2.35. The van der Waals surface area contributed by atoms with E-state index in [1.807, 2.05) is 54.6 Å². The van der Waals surface area contributed by atoms with Gasteiger partial charge < -0.3 is 29.2 Å². The van der Waals surface area contributed by atoms with Crippen LogP contribution in [0.25, 0.3) is 0 Å². The molecule has 4 rings (SSSR count). The van der Waals surface area contributed by atoms with Gasteiger partial charge in [0.25, 0.3) is 0 Å². The Morgan fingerprint density at radius 2 is 1.70 bits per heavy atom. The van der Waals surface area contributed by atoms with Crippen molar-refractivity contribution in [2.75, 3.05) is 13.7 Å². The van der Waals surface area contributed by atoms with Crippen LogP contribution in [0.15, 0.2) is 59.5 Å². The number of aliphatic hydroxyl groups is 2. The summed E-state index contributed by atoms with van der Waals surface area (Å²) in [5.74, 6) is 0.740. The summed E-state index contributed by atoms with van der Waals surface area (Å²) in [5, 5.41) is 21.2. The van der Waals surface area contributed by atoms with Gasteiger partial charge in [0.05, 0.1) is 13.7 Å². The summed E-state index contributed by atoms with van der Waals surface area (Å²) in [6, 6.07) is 17.0. The zero-order valence-corrected chi connectivity index (χ0v) is 15.6. The lowest BCUT2D eigenvalue weighted by Gasteiger charge is -2.46. The average Bonchev–Trinajstić information content (AvgIpc) is 2.72. The fraction of sp³-hybridized carbons (Fsp3) is 0.400. The first-order valence-electron chi connectivity index (χ1n) is 8.80. The minimum atomic E-state index is -1.06. The van der Waals surface area contributed by atoms with E-state index in [1.54, 1.807) is 7.11 Å². The van der Waals surface area contributed by atoms with Crippen LogP contribution < -0.4 is 4.74 Å². The van der Waals surface area contributed by atoms with Crippen molar-refractivity contribution in [3.8, 4) is 5.75 Å². The van der Waals surface area contributed by atoms with Gasteiger partial charge >= 0.3 is 0 Å². The van der Waals surface area contributed by atoms with Crippen molar-refractivity contribution < 1.29 is 29.2 Å². The third-order valence-electron chi connectivity index (χ3n) is 4.72. The average molecular weight is 390 g/mol. The maximum absolute atomic E-state index is 10.6. The molecule has 6 nitrogen and oxygen atoms in total. The van der Waals surface area contributed by atoms with E-state index < -0.39 is 36.1 Å². The van der Waals surface area contributed by atoms with Crippen molar-refractivity contribution >= 4 is 11.8 Å². The Morgan fingerprint density at radius 3 is 2.41 bits per heavy atom. The van der Waals surface area contributed by atoms with Gasteiger partial charge in [0.15, 0.2) is 6.29 Å². The predicted molar refractivity (Wildman–Crippen MR) is 99.5 cm³/mol. The monoisotopic (exact) mass is 390 g/mol. The first-order valence-corrected chi connectivity index (χ1v) is 9.68. The smallest absolute Gasteiger partial charge is 0.184 e. The van der Waals surface area contributed by atoms with E-state index in [0.717, 1.165) is 16.2 Å². The number of benzene rings is 2. The van der Waals surface area contributed by atoms with Gasteiger partial charge in [-0.15, -0.1) is 0 Å². The number of aliphatic hydroxyl groups excluding tert-OH is 2. The molecule has 6 unspecified atom stereocenters. The number of fused-ring (bicyclic) bond motifs is 1. The van der Waals surface area contributed by atoms with Crippen molar-refractivity contribution in [1.82, 2.24) is 0 Å². The first-order chi connectivity index (χ1) is 13.2. The lowest BCUT2D eigenvalue weighted by atomic mass is 9.99. The molecule has 0 aliphatic carbocycles. The van der Waals surface area contributed by atoms with Crippen molar-refractivity contribution in [1.29, 1.82) is 0 Å². The van der Waals surface area contributed by atoms with Crippen LogP contribution in [0.4, 0.5) is 0 Å². The third kappa shape index (κ3) is 3.99. The summed E-state index contributed by atoms with van der Waals surface area (Å²) in [4.78, 5) is 0.959. The van der Waals surface area contributed by atoms with Crippen LogP contribution in [0.1, 0.15) is 11.9 Å². The summed E-state index contributed by atoms with van der Waals surface area (Å²) in [5.41, 5.74) is 0.227. The van der Waals surface area contributed by atoms with Gasteiger partial charge in [0, 0.05) is 10.5 Å². The largest absolute Gasteiger partial charge is 0.497 e. The van der Waals surface area contributed by atoms with E-state index in [0.29, 0.717) is 0 Å². The van der Waals surface area contributed by atoms with E-state index in [1.165, 1.54) is 11.8 Å². The highest BCUT2D eigenvalue weighted by atomic mass is 32.2. The quantitative estimate of drug-likeness (QED) is 0.830. The SMILES string of the molecule is COc1ccc(C2OCC3OC(Sc4ccccc4)C(O)C(O)C3O2)cc1. The number of rotatable bonds is 4. The molecule has 0 saturated carbocycles. The standard InChI is InChI=1S/C20H22O6S/c1-23-13-9-7-12(8-10-13)19-24-11-15-18(26-19)16(21)17(22)20(25-15)27-14-5-3-2-4-6-14/h2-10,15-22H,11H2,1H3. The van der Waals surface area contributed by atoms with Crippen molar-refractivity contribution in [2.24, 2.45) is 0 Å². The van der Waals surface area contributed by atoms with Crippen LogP contribution >= 0.6 is 11.8 Å². The second-order valence-electron chi connectivity index (χ2n) is 6.49. The topological polar surface area (TPSA) is 77.4 Å². The zero-order chi connectivity index (χ0) is 18.8. The summed E-state index contributed by atoms with van der Waals surface area (Å²) < 4.78 is 22.9. The normalized spacial score (nSPS) is 33.3. The number of methoxy groups -OCH3 is 1.